The van der Waals surface area contributed by atoms with Gasteiger partial charge in [-0.2, -0.15) is 0 Å². The predicted molar refractivity (Wildman–Crippen MR) is 79.9 cm³/mol. The number of rotatable bonds is 5. The molecule has 1 aromatic heterocycles. The van der Waals surface area contributed by atoms with E-state index in [2.05, 4.69) is 11.4 Å². The van der Waals surface area contributed by atoms with Gasteiger partial charge in [0.2, 0.25) is 0 Å². The van der Waals surface area contributed by atoms with Crippen molar-refractivity contribution in [3.8, 4) is 0 Å². The summed E-state index contributed by atoms with van der Waals surface area (Å²) < 4.78 is 7.02. The summed E-state index contributed by atoms with van der Waals surface area (Å²) in [7, 11) is 2.00. The summed E-state index contributed by atoms with van der Waals surface area (Å²) in [4.78, 5) is 11.7. The van der Waals surface area contributed by atoms with Crippen molar-refractivity contribution in [1.29, 1.82) is 0 Å². The highest BCUT2D eigenvalue weighted by Crippen LogP contribution is 2.35. The van der Waals surface area contributed by atoms with Gasteiger partial charge in [0.1, 0.15) is 0 Å². The van der Waals surface area contributed by atoms with E-state index in [1.54, 1.807) is 4.57 Å². The van der Waals surface area contributed by atoms with E-state index in [1.807, 2.05) is 26.1 Å². The third-order valence-corrected chi connectivity index (χ3v) is 4.55. The van der Waals surface area contributed by atoms with Crippen LogP contribution < -0.4 is 11.1 Å². The maximum atomic E-state index is 11.7. The second kappa shape index (κ2) is 5.44. The highest BCUT2D eigenvalue weighted by atomic mass is 16.4. The van der Waals surface area contributed by atoms with Gasteiger partial charge in [0.25, 0.3) is 0 Å². The number of nitrogens with one attached hydrogen (secondary N) is 1. The van der Waals surface area contributed by atoms with Crippen LogP contribution in [0.1, 0.15) is 44.2 Å². The first-order chi connectivity index (χ1) is 9.72. The topological polar surface area (TPSA) is 47.2 Å². The Labute approximate surface area is 118 Å². The molecular formula is C16H22N2O2. The molecule has 108 valence electrons. The van der Waals surface area contributed by atoms with Gasteiger partial charge in [-0.1, -0.05) is 25.3 Å². The van der Waals surface area contributed by atoms with Gasteiger partial charge >= 0.3 is 5.76 Å². The maximum absolute atomic E-state index is 11.7. The van der Waals surface area contributed by atoms with Crippen LogP contribution in [0.25, 0.3) is 11.1 Å². The van der Waals surface area contributed by atoms with E-state index in [0.717, 1.165) is 11.4 Å². The quantitative estimate of drug-likeness (QED) is 0.911. The van der Waals surface area contributed by atoms with Crippen molar-refractivity contribution in [2.75, 3.05) is 7.05 Å². The zero-order valence-electron chi connectivity index (χ0n) is 12.2. The first-order valence-corrected chi connectivity index (χ1v) is 7.53. The van der Waals surface area contributed by atoms with Crippen molar-refractivity contribution in [1.82, 2.24) is 9.88 Å². The van der Waals surface area contributed by atoms with Crippen molar-refractivity contribution < 1.29 is 4.42 Å². The summed E-state index contributed by atoms with van der Waals surface area (Å²) in [6.07, 6.45) is 5.23. The van der Waals surface area contributed by atoms with E-state index in [-0.39, 0.29) is 5.76 Å². The van der Waals surface area contributed by atoms with Gasteiger partial charge in [0.05, 0.1) is 5.52 Å². The molecule has 1 unspecified atom stereocenters. The van der Waals surface area contributed by atoms with Gasteiger partial charge in [-0.25, -0.2) is 4.79 Å². The second-order valence-corrected chi connectivity index (χ2v) is 5.71. The van der Waals surface area contributed by atoms with Crippen molar-refractivity contribution >= 4 is 11.1 Å². The number of fused-ring (bicyclic) bond motifs is 1. The van der Waals surface area contributed by atoms with E-state index in [9.17, 15) is 4.79 Å². The fourth-order valence-corrected chi connectivity index (χ4v) is 3.08. The molecule has 1 aromatic carbocycles. The van der Waals surface area contributed by atoms with E-state index in [0.29, 0.717) is 18.2 Å². The second-order valence-electron chi connectivity index (χ2n) is 5.71. The maximum Gasteiger partial charge on any atom is 0.419 e. The monoisotopic (exact) mass is 274 g/mol. The number of aromatic nitrogens is 1. The molecule has 1 atom stereocenters. The summed E-state index contributed by atoms with van der Waals surface area (Å²) in [5.74, 6) is 0.579. The smallest absolute Gasteiger partial charge is 0.408 e. The fraction of sp³-hybridized carbons (Fsp3) is 0.562. The minimum Gasteiger partial charge on any atom is -0.408 e. The van der Waals surface area contributed by atoms with Crippen molar-refractivity contribution in [3.63, 3.8) is 0 Å². The summed E-state index contributed by atoms with van der Waals surface area (Å²) in [5, 5.41) is 3.39. The molecule has 0 aliphatic heterocycles. The lowest BCUT2D eigenvalue weighted by Crippen LogP contribution is -2.23. The Kier molecular flexibility index (Phi) is 3.66. The van der Waals surface area contributed by atoms with Crippen LogP contribution in [0.4, 0.5) is 0 Å². The molecule has 2 aromatic rings. The number of hydrogen-bond acceptors (Lipinski definition) is 3. The van der Waals surface area contributed by atoms with Gasteiger partial charge in [0.15, 0.2) is 5.58 Å². The molecule has 4 nitrogen and oxygen atoms in total. The van der Waals surface area contributed by atoms with Crippen molar-refractivity contribution in [2.24, 2.45) is 5.92 Å². The van der Waals surface area contributed by atoms with Gasteiger partial charge in [-0.15, -0.1) is 0 Å². The lowest BCUT2D eigenvalue weighted by Gasteiger charge is -2.29. The molecule has 1 fully saturated rings. The lowest BCUT2D eigenvalue weighted by molar-refractivity contribution is 0.265. The van der Waals surface area contributed by atoms with Gasteiger partial charge in [-0.05, 0) is 44.0 Å². The number of oxazole rings is 1. The molecular weight excluding hydrogens is 252 g/mol. The van der Waals surface area contributed by atoms with Gasteiger partial charge in [0, 0.05) is 12.6 Å². The Morgan fingerprint density at radius 1 is 1.45 bits per heavy atom. The lowest BCUT2D eigenvalue weighted by atomic mass is 9.79. The van der Waals surface area contributed by atoms with E-state index < -0.39 is 0 Å². The molecule has 1 aliphatic rings. The zero-order chi connectivity index (χ0) is 14.1. The Bertz CT molecular complexity index is 652. The number of aryl methyl sites for hydroxylation is 1. The van der Waals surface area contributed by atoms with Crippen LogP contribution >= 0.6 is 0 Å². The molecule has 0 spiro atoms. The minimum atomic E-state index is -0.264. The molecule has 4 heteroatoms. The zero-order valence-corrected chi connectivity index (χ0v) is 12.2. The first kappa shape index (κ1) is 13.4. The normalized spacial score (nSPS) is 17.3. The highest BCUT2D eigenvalue weighted by Gasteiger charge is 2.22. The predicted octanol–water partition coefficient (Wildman–Crippen LogP) is 3.07. The van der Waals surface area contributed by atoms with E-state index in [4.69, 9.17) is 4.42 Å². The molecule has 3 rings (SSSR count). The number of benzene rings is 1. The number of hydrogen-bond donors (Lipinski definition) is 1. The van der Waals surface area contributed by atoms with E-state index in [1.165, 1.54) is 31.2 Å². The Morgan fingerprint density at radius 2 is 2.25 bits per heavy atom. The Hall–Kier alpha value is -1.55. The highest BCUT2D eigenvalue weighted by molar-refractivity contribution is 5.73. The molecule has 0 bridgehead atoms. The average molecular weight is 274 g/mol. The Balaban J connectivity index is 1.92. The van der Waals surface area contributed by atoms with Crippen LogP contribution in [0, 0.1) is 5.92 Å². The van der Waals surface area contributed by atoms with E-state index >= 15 is 0 Å². The largest absolute Gasteiger partial charge is 0.419 e. The minimum absolute atomic E-state index is 0.264. The Morgan fingerprint density at radius 3 is 2.85 bits per heavy atom. The molecule has 0 radical (unpaired) electrons. The number of nitrogens with zero attached hydrogens (tertiary/aromatic N) is 1. The molecule has 0 saturated heterocycles. The van der Waals surface area contributed by atoms with Crippen molar-refractivity contribution in [3.05, 3.63) is 34.3 Å². The van der Waals surface area contributed by atoms with Crippen molar-refractivity contribution in [2.45, 2.75) is 45.2 Å². The summed E-state index contributed by atoms with van der Waals surface area (Å²) in [6.45, 7) is 2.60. The van der Waals surface area contributed by atoms with Crippen LogP contribution in [0.3, 0.4) is 0 Å². The van der Waals surface area contributed by atoms with Crippen LogP contribution in [0.5, 0.6) is 0 Å². The fourth-order valence-electron chi connectivity index (χ4n) is 3.08. The molecule has 0 amide bonds. The summed E-state index contributed by atoms with van der Waals surface area (Å²) >= 11 is 0. The SMILES string of the molecule is CCn1c(=O)oc2cc(C(CC3CCC3)NC)ccc21. The standard InChI is InChI=1S/C16H22N2O2/c1-3-18-14-8-7-12(10-15(14)20-16(18)19)13(17-2)9-11-5-4-6-11/h7-8,10-11,13,17H,3-6,9H2,1-2H3. The molecule has 1 saturated carbocycles. The van der Waals surface area contributed by atoms with Crippen LogP contribution in [0.15, 0.2) is 27.4 Å². The molecule has 1 N–H and O–H groups in total. The molecule has 20 heavy (non-hydrogen) atoms. The molecule has 1 aliphatic carbocycles. The first-order valence-electron chi connectivity index (χ1n) is 7.53. The molecule has 1 heterocycles. The van der Waals surface area contributed by atoms with Crippen LogP contribution in [-0.2, 0) is 6.54 Å². The third kappa shape index (κ3) is 2.29. The average Bonchev–Trinajstić information content (AvgIpc) is 2.72. The van der Waals surface area contributed by atoms with Crippen LogP contribution in [-0.4, -0.2) is 11.6 Å². The van der Waals surface area contributed by atoms with Gasteiger partial charge < -0.3 is 9.73 Å². The van der Waals surface area contributed by atoms with Crippen LogP contribution in [0.2, 0.25) is 0 Å². The van der Waals surface area contributed by atoms with Gasteiger partial charge in [-0.3, -0.25) is 4.57 Å². The summed E-state index contributed by atoms with van der Waals surface area (Å²) in [6, 6.07) is 6.48. The third-order valence-electron chi connectivity index (χ3n) is 4.55. The summed E-state index contributed by atoms with van der Waals surface area (Å²) in [5.41, 5.74) is 2.80.